The second-order valence-corrected chi connectivity index (χ2v) is 7.46. The zero-order chi connectivity index (χ0) is 25.5. The van der Waals surface area contributed by atoms with Crippen molar-refractivity contribution in [2.75, 3.05) is 21.3 Å². The first kappa shape index (κ1) is 24.6. The Bertz CT molecular complexity index is 1250. The molecule has 11 nitrogen and oxygen atoms in total. The monoisotopic (exact) mass is 475 g/mol. The molecule has 0 heterocycles. The van der Waals surface area contributed by atoms with E-state index in [9.17, 15) is 29.3 Å². The fourth-order valence-corrected chi connectivity index (χ4v) is 3.14. The van der Waals surface area contributed by atoms with Gasteiger partial charge in [0.1, 0.15) is 0 Å². The van der Waals surface area contributed by atoms with Crippen LogP contribution in [0.2, 0.25) is 0 Å². The number of hydrogen-bond donors (Lipinski definition) is 4. The number of anilines is 4. The molecular formula is C24H21N5O6. The highest BCUT2D eigenvalue weighted by atomic mass is 16.6. The van der Waals surface area contributed by atoms with Gasteiger partial charge in [0, 0.05) is 59.9 Å². The number of non-ortho nitro benzene ring substituents is 1. The molecule has 11 heteroatoms. The van der Waals surface area contributed by atoms with Gasteiger partial charge in [0.15, 0.2) is 0 Å². The quantitative estimate of drug-likeness (QED) is 0.298. The summed E-state index contributed by atoms with van der Waals surface area (Å²) in [5, 5.41) is 21.8. The minimum Gasteiger partial charge on any atom is -0.326 e. The van der Waals surface area contributed by atoms with E-state index in [2.05, 4.69) is 21.3 Å². The molecule has 0 spiro atoms. The van der Waals surface area contributed by atoms with Crippen LogP contribution in [0.15, 0.2) is 66.7 Å². The molecule has 0 aromatic heterocycles. The van der Waals surface area contributed by atoms with Crippen molar-refractivity contribution >= 4 is 52.1 Å². The fraction of sp³-hybridized carbons (Fsp3) is 0.0833. The molecule has 4 amide bonds. The average molecular weight is 475 g/mol. The largest absolute Gasteiger partial charge is 0.326 e. The predicted octanol–water partition coefficient (Wildman–Crippen LogP) is 4.02. The lowest BCUT2D eigenvalue weighted by Gasteiger charge is -2.10. The molecule has 0 aliphatic carbocycles. The van der Waals surface area contributed by atoms with Gasteiger partial charge in [-0.05, 0) is 42.5 Å². The number of benzene rings is 3. The molecule has 0 atom stereocenters. The van der Waals surface area contributed by atoms with Gasteiger partial charge in [-0.25, -0.2) is 0 Å². The van der Waals surface area contributed by atoms with Crippen LogP contribution in [0.1, 0.15) is 34.6 Å². The summed E-state index contributed by atoms with van der Waals surface area (Å²) in [6.45, 7) is 2.69. The van der Waals surface area contributed by atoms with E-state index in [1.807, 2.05) is 0 Å². The van der Waals surface area contributed by atoms with Crippen LogP contribution >= 0.6 is 0 Å². The summed E-state index contributed by atoms with van der Waals surface area (Å²) in [6.07, 6.45) is 0. The molecule has 0 fully saturated rings. The van der Waals surface area contributed by atoms with E-state index in [0.717, 1.165) is 12.1 Å². The minimum atomic E-state index is -0.706. The van der Waals surface area contributed by atoms with Crippen LogP contribution in [-0.4, -0.2) is 28.6 Å². The molecule has 0 unspecified atom stereocenters. The van der Waals surface area contributed by atoms with Crippen molar-refractivity contribution in [1.29, 1.82) is 0 Å². The first-order valence-corrected chi connectivity index (χ1v) is 10.3. The third-order valence-electron chi connectivity index (χ3n) is 4.53. The van der Waals surface area contributed by atoms with Crippen molar-refractivity contribution < 1.29 is 24.1 Å². The van der Waals surface area contributed by atoms with Crippen molar-refractivity contribution in [3.63, 3.8) is 0 Å². The maximum Gasteiger partial charge on any atom is 0.271 e. The Hall–Kier alpha value is -5.06. The maximum atomic E-state index is 12.8. The van der Waals surface area contributed by atoms with Gasteiger partial charge in [0.05, 0.1) is 4.92 Å². The van der Waals surface area contributed by atoms with Crippen LogP contribution in [0.4, 0.5) is 28.4 Å². The van der Waals surface area contributed by atoms with E-state index in [0.29, 0.717) is 22.7 Å². The van der Waals surface area contributed by atoms with E-state index >= 15 is 0 Å². The Balaban J connectivity index is 1.85. The molecule has 3 aromatic rings. The maximum absolute atomic E-state index is 12.8. The summed E-state index contributed by atoms with van der Waals surface area (Å²) in [7, 11) is 0. The normalized spacial score (nSPS) is 10.1. The van der Waals surface area contributed by atoms with E-state index < -0.39 is 22.4 Å². The van der Waals surface area contributed by atoms with Crippen LogP contribution in [0, 0.1) is 10.1 Å². The van der Waals surface area contributed by atoms with E-state index in [1.165, 1.54) is 32.0 Å². The number of amides is 4. The number of hydrogen-bond acceptors (Lipinski definition) is 6. The van der Waals surface area contributed by atoms with Crippen molar-refractivity contribution in [2.45, 2.75) is 13.8 Å². The van der Waals surface area contributed by atoms with Crippen LogP contribution in [0.25, 0.3) is 0 Å². The van der Waals surface area contributed by atoms with Crippen LogP contribution in [0.5, 0.6) is 0 Å². The number of nitro benzene ring substituents is 1. The number of nitro groups is 1. The SMILES string of the molecule is CC(=O)Nc1cccc(NC(=O)c2cc(C(=O)Nc3cccc(NC(C)=O)c3)cc([N+](=O)[O-])c2)c1. The molecule has 3 rings (SSSR count). The van der Waals surface area contributed by atoms with Crippen LogP contribution in [0.3, 0.4) is 0 Å². The zero-order valence-electron chi connectivity index (χ0n) is 18.7. The van der Waals surface area contributed by atoms with Crippen molar-refractivity contribution in [1.82, 2.24) is 0 Å². The molecule has 0 bridgehead atoms. The van der Waals surface area contributed by atoms with Gasteiger partial charge in [-0.15, -0.1) is 0 Å². The fourth-order valence-electron chi connectivity index (χ4n) is 3.14. The lowest BCUT2D eigenvalue weighted by molar-refractivity contribution is -0.384. The molecule has 0 saturated heterocycles. The Labute approximate surface area is 199 Å². The number of nitrogens with zero attached hydrogens (tertiary/aromatic N) is 1. The highest BCUT2D eigenvalue weighted by Gasteiger charge is 2.19. The molecular weight excluding hydrogens is 454 g/mol. The molecule has 0 radical (unpaired) electrons. The second-order valence-electron chi connectivity index (χ2n) is 7.46. The summed E-state index contributed by atoms with van der Waals surface area (Å²) < 4.78 is 0. The second kappa shape index (κ2) is 10.7. The zero-order valence-corrected chi connectivity index (χ0v) is 18.7. The lowest BCUT2D eigenvalue weighted by atomic mass is 10.1. The highest BCUT2D eigenvalue weighted by molar-refractivity contribution is 6.09. The summed E-state index contributed by atoms with van der Waals surface area (Å²) in [4.78, 5) is 58.8. The number of carbonyl (C=O) groups excluding carboxylic acids is 4. The van der Waals surface area contributed by atoms with E-state index in [-0.39, 0.29) is 22.9 Å². The first-order valence-electron chi connectivity index (χ1n) is 10.3. The Morgan fingerprint density at radius 1 is 0.629 bits per heavy atom. The molecule has 0 aliphatic heterocycles. The molecule has 3 aromatic carbocycles. The van der Waals surface area contributed by atoms with Crippen molar-refractivity contribution in [3.8, 4) is 0 Å². The summed E-state index contributed by atoms with van der Waals surface area (Å²) in [6, 6.07) is 16.0. The summed E-state index contributed by atoms with van der Waals surface area (Å²) in [5.74, 6) is -1.94. The minimum absolute atomic E-state index is 0.110. The van der Waals surface area contributed by atoms with Gasteiger partial charge < -0.3 is 21.3 Å². The topological polar surface area (TPSA) is 160 Å². The van der Waals surface area contributed by atoms with Crippen molar-refractivity contribution in [2.24, 2.45) is 0 Å². The molecule has 0 saturated carbocycles. The van der Waals surface area contributed by atoms with Crippen molar-refractivity contribution in [3.05, 3.63) is 88.0 Å². The lowest BCUT2D eigenvalue weighted by Crippen LogP contribution is -2.16. The molecule has 4 N–H and O–H groups in total. The summed E-state index contributed by atoms with van der Waals surface area (Å²) in [5.41, 5.74) is 0.929. The van der Waals surface area contributed by atoms with Gasteiger partial charge in [0.25, 0.3) is 17.5 Å². The van der Waals surface area contributed by atoms with Crippen LogP contribution < -0.4 is 21.3 Å². The van der Waals surface area contributed by atoms with E-state index in [4.69, 9.17) is 0 Å². The van der Waals surface area contributed by atoms with Crippen LogP contribution in [-0.2, 0) is 9.59 Å². The van der Waals surface area contributed by atoms with Gasteiger partial charge >= 0.3 is 0 Å². The smallest absolute Gasteiger partial charge is 0.271 e. The van der Waals surface area contributed by atoms with Gasteiger partial charge in [0.2, 0.25) is 11.8 Å². The van der Waals surface area contributed by atoms with Gasteiger partial charge in [-0.3, -0.25) is 29.3 Å². The molecule has 35 heavy (non-hydrogen) atoms. The van der Waals surface area contributed by atoms with Gasteiger partial charge in [-0.2, -0.15) is 0 Å². The van der Waals surface area contributed by atoms with Gasteiger partial charge in [-0.1, -0.05) is 12.1 Å². The Morgan fingerprint density at radius 2 is 1.00 bits per heavy atom. The number of carbonyl (C=O) groups is 4. The first-order chi connectivity index (χ1) is 16.6. The average Bonchev–Trinajstić information content (AvgIpc) is 2.78. The predicted molar refractivity (Wildman–Crippen MR) is 130 cm³/mol. The summed E-state index contributed by atoms with van der Waals surface area (Å²) >= 11 is 0. The van der Waals surface area contributed by atoms with E-state index in [1.54, 1.807) is 36.4 Å². The third-order valence-corrected chi connectivity index (χ3v) is 4.53. The molecule has 0 aliphatic rings. The highest BCUT2D eigenvalue weighted by Crippen LogP contribution is 2.22. The number of nitrogens with one attached hydrogen (secondary N) is 4. The Kier molecular flexibility index (Phi) is 7.52. The Morgan fingerprint density at radius 3 is 1.34 bits per heavy atom. The molecule has 178 valence electrons. The third kappa shape index (κ3) is 6.96. The standard InChI is InChI=1S/C24H21N5O6/c1-14(30)25-18-5-3-7-20(12-18)27-23(32)16-9-17(11-22(10-16)29(34)35)24(33)28-21-8-4-6-19(13-21)26-15(2)31/h3-13H,1-2H3,(H,25,30)(H,26,31)(H,27,32)(H,28,33). The number of rotatable bonds is 7.